The Morgan fingerprint density at radius 1 is 1.06 bits per heavy atom. The Kier molecular flexibility index (Phi) is 6.66. The van der Waals surface area contributed by atoms with Gasteiger partial charge >= 0.3 is 0 Å². The van der Waals surface area contributed by atoms with E-state index >= 15 is 0 Å². The van der Waals surface area contributed by atoms with Crippen molar-refractivity contribution in [3.8, 4) is 0 Å². The third kappa shape index (κ3) is 5.28. The lowest BCUT2D eigenvalue weighted by atomic mass is 10.0. The lowest BCUT2D eigenvalue weighted by Gasteiger charge is -2.36. The number of amides is 2. The molecule has 9 heteroatoms. The van der Waals surface area contributed by atoms with E-state index in [-0.39, 0.29) is 11.9 Å². The molecule has 1 aliphatic carbocycles. The van der Waals surface area contributed by atoms with Crippen molar-refractivity contribution in [2.24, 2.45) is 5.73 Å². The van der Waals surface area contributed by atoms with Gasteiger partial charge in [-0.1, -0.05) is 0 Å². The number of anilines is 1. The molecule has 5 rings (SSSR count). The van der Waals surface area contributed by atoms with Gasteiger partial charge < -0.3 is 20.1 Å². The van der Waals surface area contributed by atoms with Gasteiger partial charge in [-0.25, -0.2) is 15.0 Å². The first-order chi connectivity index (χ1) is 17.0. The maximum Gasteiger partial charge on any atom is 0.248 e. The summed E-state index contributed by atoms with van der Waals surface area (Å²) in [7, 11) is 1.93. The van der Waals surface area contributed by atoms with Crippen LogP contribution in [0.25, 0.3) is 11.0 Å². The Balaban J connectivity index is 1.06. The number of aromatic nitrogens is 4. The molecule has 3 heterocycles. The first-order valence-corrected chi connectivity index (χ1v) is 12.6. The van der Waals surface area contributed by atoms with Crippen LogP contribution in [0.3, 0.4) is 0 Å². The normalized spacial score (nSPS) is 16.5. The fourth-order valence-corrected chi connectivity index (χ4v) is 4.90. The van der Waals surface area contributed by atoms with Crippen LogP contribution in [-0.4, -0.2) is 62.4 Å². The van der Waals surface area contributed by atoms with Crippen LogP contribution in [0, 0.1) is 0 Å². The van der Waals surface area contributed by atoms with E-state index < -0.39 is 5.91 Å². The number of rotatable bonds is 9. The highest BCUT2D eigenvalue weighted by atomic mass is 16.2. The first kappa shape index (κ1) is 23.3. The number of benzene rings is 1. The molecule has 184 valence electrons. The zero-order valence-electron chi connectivity index (χ0n) is 20.3. The summed E-state index contributed by atoms with van der Waals surface area (Å²) in [6.07, 6.45) is 12.3. The molecule has 0 unspecified atom stereocenters. The summed E-state index contributed by atoms with van der Waals surface area (Å²) in [5.74, 6) is 1.22. The first-order valence-electron chi connectivity index (χ1n) is 12.6. The fraction of sp³-hybridized carbons (Fsp3) is 0.500. The number of hydrogen-bond donors (Lipinski definition) is 1. The van der Waals surface area contributed by atoms with E-state index in [0.717, 1.165) is 62.3 Å². The SMILES string of the molecule is CN(C(=O)CCCCn1cnc2ccc(C(N)=O)cc21)C1CCN(c2ncc(C3CC3)cn2)CC1. The van der Waals surface area contributed by atoms with E-state index in [1.165, 1.54) is 18.4 Å². The molecule has 2 aromatic heterocycles. The summed E-state index contributed by atoms with van der Waals surface area (Å²) in [6, 6.07) is 5.54. The average molecular weight is 476 g/mol. The molecule has 1 aliphatic heterocycles. The van der Waals surface area contributed by atoms with Crippen LogP contribution in [0.4, 0.5) is 5.95 Å². The minimum atomic E-state index is -0.446. The summed E-state index contributed by atoms with van der Waals surface area (Å²) in [5.41, 5.74) is 8.86. The highest BCUT2D eigenvalue weighted by Gasteiger charge is 2.27. The molecule has 2 N–H and O–H groups in total. The van der Waals surface area contributed by atoms with Gasteiger partial charge in [0.2, 0.25) is 17.8 Å². The molecule has 0 spiro atoms. The van der Waals surface area contributed by atoms with Crippen LogP contribution >= 0.6 is 0 Å². The number of piperidine rings is 1. The second-order valence-electron chi connectivity index (χ2n) is 9.78. The van der Waals surface area contributed by atoms with E-state index in [1.807, 2.05) is 35.0 Å². The summed E-state index contributed by atoms with van der Waals surface area (Å²) >= 11 is 0. The lowest BCUT2D eigenvalue weighted by molar-refractivity contribution is -0.132. The number of primary amides is 1. The van der Waals surface area contributed by atoms with Gasteiger partial charge in [-0.15, -0.1) is 0 Å². The van der Waals surface area contributed by atoms with Gasteiger partial charge in [-0.05, 0) is 68.2 Å². The largest absolute Gasteiger partial charge is 0.366 e. The molecule has 0 atom stereocenters. The minimum Gasteiger partial charge on any atom is -0.366 e. The summed E-state index contributed by atoms with van der Waals surface area (Å²) in [5, 5.41) is 0. The zero-order chi connectivity index (χ0) is 24.4. The van der Waals surface area contributed by atoms with Gasteiger partial charge in [-0.2, -0.15) is 0 Å². The van der Waals surface area contributed by atoms with Gasteiger partial charge in [0.15, 0.2) is 0 Å². The van der Waals surface area contributed by atoms with E-state index in [9.17, 15) is 9.59 Å². The lowest BCUT2D eigenvalue weighted by Crippen LogP contribution is -2.46. The highest BCUT2D eigenvalue weighted by molar-refractivity contribution is 5.96. The Labute approximate surface area is 205 Å². The van der Waals surface area contributed by atoms with E-state index in [0.29, 0.717) is 17.9 Å². The quantitative estimate of drug-likeness (QED) is 0.476. The van der Waals surface area contributed by atoms with Gasteiger partial charge in [0.1, 0.15) is 0 Å². The zero-order valence-corrected chi connectivity index (χ0v) is 20.3. The number of fused-ring (bicyclic) bond motifs is 1. The number of hydrogen-bond acceptors (Lipinski definition) is 6. The Bertz CT molecular complexity index is 1190. The fourth-order valence-electron chi connectivity index (χ4n) is 4.90. The van der Waals surface area contributed by atoms with Crippen LogP contribution in [0.2, 0.25) is 0 Å². The highest BCUT2D eigenvalue weighted by Crippen LogP contribution is 2.39. The number of carbonyl (C=O) groups is 2. The van der Waals surface area contributed by atoms with Crippen molar-refractivity contribution in [1.29, 1.82) is 0 Å². The van der Waals surface area contributed by atoms with Gasteiger partial charge in [-0.3, -0.25) is 9.59 Å². The van der Waals surface area contributed by atoms with Crippen molar-refractivity contribution >= 4 is 28.8 Å². The molecular formula is C26H33N7O2. The molecule has 1 aromatic carbocycles. The number of carbonyl (C=O) groups excluding carboxylic acids is 2. The molecular weight excluding hydrogens is 442 g/mol. The van der Waals surface area contributed by atoms with Crippen LogP contribution in [0.1, 0.15) is 66.8 Å². The predicted octanol–water partition coefficient (Wildman–Crippen LogP) is 3.10. The summed E-state index contributed by atoms with van der Waals surface area (Å²) < 4.78 is 2.02. The Morgan fingerprint density at radius 3 is 2.49 bits per heavy atom. The van der Waals surface area contributed by atoms with Crippen LogP contribution in [0.5, 0.6) is 0 Å². The number of aryl methyl sites for hydroxylation is 1. The van der Waals surface area contributed by atoms with Crippen LogP contribution in [-0.2, 0) is 11.3 Å². The number of nitrogens with zero attached hydrogens (tertiary/aromatic N) is 6. The minimum absolute atomic E-state index is 0.194. The number of unbranched alkanes of at least 4 members (excludes halogenated alkanes) is 1. The predicted molar refractivity (Wildman–Crippen MR) is 134 cm³/mol. The monoisotopic (exact) mass is 475 g/mol. The number of imidazole rings is 1. The standard InChI is InChI=1S/C26H33N7O2/c1-31(21-9-12-32(13-10-21)26-28-15-20(16-29-26)18-5-6-18)24(34)4-2-3-11-33-17-30-22-8-7-19(25(27)35)14-23(22)33/h7-8,14-18,21H,2-6,9-13H2,1H3,(H2,27,35). The topological polar surface area (TPSA) is 110 Å². The van der Waals surface area contributed by atoms with Crippen molar-refractivity contribution in [3.63, 3.8) is 0 Å². The van der Waals surface area contributed by atoms with Gasteiger partial charge in [0.05, 0.1) is 17.4 Å². The van der Waals surface area contributed by atoms with Crippen molar-refractivity contribution < 1.29 is 9.59 Å². The molecule has 1 saturated carbocycles. The molecule has 0 radical (unpaired) electrons. The Morgan fingerprint density at radius 2 is 1.80 bits per heavy atom. The Hall–Kier alpha value is -3.49. The molecule has 0 bridgehead atoms. The maximum absolute atomic E-state index is 12.8. The van der Waals surface area contributed by atoms with E-state index in [1.54, 1.807) is 18.5 Å². The molecule has 2 amide bonds. The second-order valence-corrected chi connectivity index (χ2v) is 9.78. The summed E-state index contributed by atoms with van der Waals surface area (Å²) in [6.45, 7) is 2.48. The molecule has 3 aromatic rings. The van der Waals surface area contributed by atoms with E-state index in [4.69, 9.17) is 5.73 Å². The third-order valence-corrected chi connectivity index (χ3v) is 7.34. The molecule has 1 saturated heterocycles. The molecule has 35 heavy (non-hydrogen) atoms. The average Bonchev–Trinajstić information content (AvgIpc) is 3.66. The molecule has 2 aliphatic rings. The van der Waals surface area contributed by atoms with E-state index in [2.05, 4.69) is 19.9 Å². The van der Waals surface area contributed by atoms with Gasteiger partial charge in [0, 0.05) is 57.1 Å². The smallest absolute Gasteiger partial charge is 0.248 e. The summed E-state index contributed by atoms with van der Waals surface area (Å²) in [4.78, 5) is 42.0. The van der Waals surface area contributed by atoms with Crippen LogP contribution < -0.4 is 10.6 Å². The second kappa shape index (κ2) is 10.0. The van der Waals surface area contributed by atoms with Crippen molar-refractivity contribution in [2.45, 2.75) is 63.5 Å². The van der Waals surface area contributed by atoms with Crippen molar-refractivity contribution in [2.75, 3.05) is 25.0 Å². The molecule has 9 nitrogen and oxygen atoms in total. The van der Waals surface area contributed by atoms with Crippen molar-refractivity contribution in [3.05, 3.63) is 48.0 Å². The number of nitrogens with two attached hydrogens (primary N) is 1. The maximum atomic E-state index is 12.8. The van der Waals surface area contributed by atoms with Crippen LogP contribution in [0.15, 0.2) is 36.9 Å². The van der Waals surface area contributed by atoms with Crippen molar-refractivity contribution in [1.82, 2.24) is 24.4 Å². The third-order valence-electron chi connectivity index (χ3n) is 7.34. The molecule has 2 fully saturated rings. The van der Waals surface area contributed by atoms with Gasteiger partial charge in [0.25, 0.3) is 0 Å².